The molecule has 0 aromatic rings. The van der Waals surface area contributed by atoms with Crippen LogP contribution in [0.2, 0.25) is 0 Å². The van der Waals surface area contributed by atoms with Crippen LogP contribution in [0, 0.1) is 11.8 Å². The van der Waals surface area contributed by atoms with E-state index in [2.05, 4.69) is 5.32 Å². The fourth-order valence-electron chi connectivity index (χ4n) is 2.57. The molecular weight excluding hydrogens is 160 g/mol. The monoisotopic (exact) mass is 175 g/mol. The smallest absolute Gasteiger partial charge is 0.251 e. The van der Waals surface area contributed by atoms with Gasteiger partial charge in [0.2, 0.25) is 0 Å². The molecule has 1 saturated heterocycles. The molecule has 1 nitrogen and oxygen atoms in total. The Bertz CT molecular complexity index is 168. The summed E-state index contributed by atoms with van der Waals surface area (Å²) in [7, 11) is 0. The molecule has 0 bridgehead atoms. The average molecular weight is 175 g/mol. The molecule has 1 N–H and O–H groups in total. The first-order valence-electron chi connectivity index (χ1n) is 4.79. The van der Waals surface area contributed by atoms with Crippen molar-refractivity contribution in [3.8, 4) is 0 Å². The highest BCUT2D eigenvalue weighted by molar-refractivity contribution is 4.91. The van der Waals surface area contributed by atoms with E-state index in [0.29, 0.717) is 12.8 Å². The number of halogens is 2. The van der Waals surface area contributed by atoms with Crippen molar-refractivity contribution in [1.29, 1.82) is 0 Å². The topological polar surface area (TPSA) is 12.0 Å². The minimum atomic E-state index is -2.37. The summed E-state index contributed by atoms with van der Waals surface area (Å²) in [4.78, 5) is 0. The predicted molar refractivity (Wildman–Crippen MR) is 43.3 cm³/mol. The maximum absolute atomic E-state index is 13.3. The van der Waals surface area contributed by atoms with Crippen molar-refractivity contribution < 1.29 is 8.78 Å². The zero-order valence-electron chi connectivity index (χ0n) is 7.15. The highest BCUT2D eigenvalue weighted by Crippen LogP contribution is 2.44. The van der Waals surface area contributed by atoms with E-state index in [4.69, 9.17) is 0 Å². The molecule has 2 aliphatic rings. The molecule has 2 rings (SSSR count). The van der Waals surface area contributed by atoms with Gasteiger partial charge in [-0.3, -0.25) is 0 Å². The first kappa shape index (κ1) is 8.42. The standard InChI is InChI=1S/C9H15F2N/c10-9(11)4-1-2-7-6-12-5-3-8(7)9/h7-8,12H,1-6H2. The Balaban J connectivity index is 2.09. The third-order valence-corrected chi connectivity index (χ3v) is 3.24. The lowest BCUT2D eigenvalue weighted by Crippen LogP contribution is -2.47. The van der Waals surface area contributed by atoms with Gasteiger partial charge in [0.1, 0.15) is 0 Å². The molecule has 12 heavy (non-hydrogen) atoms. The van der Waals surface area contributed by atoms with Gasteiger partial charge in [0.15, 0.2) is 0 Å². The summed E-state index contributed by atoms with van der Waals surface area (Å²) in [5.41, 5.74) is 0. The lowest BCUT2D eigenvalue weighted by atomic mass is 9.73. The van der Waals surface area contributed by atoms with Gasteiger partial charge in [0.05, 0.1) is 0 Å². The van der Waals surface area contributed by atoms with Gasteiger partial charge in [-0.2, -0.15) is 0 Å². The van der Waals surface area contributed by atoms with Gasteiger partial charge in [-0.05, 0) is 38.3 Å². The normalized spacial score (nSPS) is 40.5. The van der Waals surface area contributed by atoms with E-state index in [1.54, 1.807) is 0 Å². The van der Waals surface area contributed by atoms with Crippen LogP contribution in [0.3, 0.4) is 0 Å². The lowest BCUT2D eigenvalue weighted by Gasteiger charge is -2.41. The zero-order chi connectivity index (χ0) is 8.60. The number of hydrogen-bond acceptors (Lipinski definition) is 1. The van der Waals surface area contributed by atoms with Gasteiger partial charge < -0.3 is 5.32 Å². The number of nitrogens with one attached hydrogen (secondary N) is 1. The molecule has 1 saturated carbocycles. The Morgan fingerprint density at radius 3 is 2.83 bits per heavy atom. The quantitative estimate of drug-likeness (QED) is 0.594. The van der Waals surface area contributed by atoms with Gasteiger partial charge in [-0.1, -0.05) is 0 Å². The van der Waals surface area contributed by atoms with Gasteiger partial charge >= 0.3 is 0 Å². The van der Waals surface area contributed by atoms with Crippen LogP contribution in [0.5, 0.6) is 0 Å². The van der Waals surface area contributed by atoms with Gasteiger partial charge in [0, 0.05) is 12.3 Å². The van der Waals surface area contributed by atoms with Crippen LogP contribution in [0.1, 0.15) is 25.7 Å². The largest absolute Gasteiger partial charge is 0.316 e. The molecule has 1 aliphatic heterocycles. The summed E-state index contributed by atoms with van der Waals surface area (Å²) in [5, 5.41) is 3.19. The molecule has 2 unspecified atom stereocenters. The van der Waals surface area contributed by atoms with Crippen molar-refractivity contribution >= 4 is 0 Å². The van der Waals surface area contributed by atoms with Gasteiger partial charge in [0.25, 0.3) is 5.92 Å². The third kappa shape index (κ3) is 1.35. The molecule has 0 radical (unpaired) electrons. The van der Waals surface area contributed by atoms with Crippen LogP contribution in [-0.2, 0) is 0 Å². The van der Waals surface area contributed by atoms with E-state index in [0.717, 1.165) is 19.5 Å². The number of piperidine rings is 1. The van der Waals surface area contributed by atoms with E-state index in [9.17, 15) is 8.78 Å². The summed E-state index contributed by atoms with van der Waals surface area (Å²) in [5.74, 6) is -2.46. The average Bonchev–Trinajstić information content (AvgIpc) is 2.04. The third-order valence-electron chi connectivity index (χ3n) is 3.24. The summed E-state index contributed by atoms with van der Waals surface area (Å²) in [6.07, 6.45) is 2.48. The van der Waals surface area contributed by atoms with Crippen molar-refractivity contribution in [2.24, 2.45) is 11.8 Å². The number of hydrogen-bond donors (Lipinski definition) is 1. The molecule has 1 heterocycles. The second kappa shape index (κ2) is 2.95. The lowest BCUT2D eigenvalue weighted by molar-refractivity contribution is -0.117. The summed E-state index contributed by atoms with van der Waals surface area (Å²) in [6, 6.07) is 0. The highest BCUT2D eigenvalue weighted by Gasteiger charge is 2.47. The Labute approximate surface area is 71.5 Å². The molecule has 3 heteroatoms. The molecule has 0 amide bonds. The fraction of sp³-hybridized carbons (Fsp3) is 1.00. The van der Waals surface area contributed by atoms with Gasteiger partial charge in [-0.15, -0.1) is 0 Å². The fourth-order valence-corrected chi connectivity index (χ4v) is 2.57. The minimum absolute atomic E-state index is 0.119. The SMILES string of the molecule is FC1(F)CCCC2CNCCC21. The minimum Gasteiger partial charge on any atom is -0.316 e. The predicted octanol–water partition coefficient (Wildman–Crippen LogP) is 2.03. The number of rotatable bonds is 0. The van der Waals surface area contributed by atoms with Gasteiger partial charge in [-0.25, -0.2) is 8.78 Å². The van der Waals surface area contributed by atoms with E-state index in [-0.39, 0.29) is 18.3 Å². The molecule has 1 aliphatic carbocycles. The molecular formula is C9H15F2N. The molecule has 2 atom stereocenters. The zero-order valence-corrected chi connectivity index (χ0v) is 7.15. The van der Waals surface area contributed by atoms with Crippen LogP contribution in [0.25, 0.3) is 0 Å². The van der Waals surface area contributed by atoms with Crippen LogP contribution in [0.15, 0.2) is 0 Å². The number of fused-ring (bicyclic) bond motifs is 1. The first-order chi connectivity index (χ1) is 5.70. The molecule has 2 fully saturated rings. The highest BCUT2D eigenvalue weighted by atomic mass is 19.3. The Kier molecular flexibility index (Phi) is 2.07. The Morgan fingerprint density at radius 1 is 1.25 bits per heavy atom. The van der Waals surface area contributed by atoms with E-state index >= 15 is 0 Å². The summed E-state index contributed by atoms with van der Waals surface area (Å²) >= 11 is 0. The van der Waals surface area contributed by atoms with Crippen LogP contribution >= 0.6 is 0 Å². The summed E-state index contributed by atoms with van der Waals surface area (Å²) < 4.78 is 26.6. The maximum atomic E-state index is 13.3. The van der Waals surface area contributed by atoms with Crippen LogP contribution < -0.4 is 5.32 Å². The Morgan fingerprint density at radius 2 is 2.08 bits per heavy atom. The van der Waals surface area contributed by atoms with E-state index in [1.165, 1.54) is 0 Å². The van der Waals surface area contributed by atoms with E-state index < -0.39 is 5.92 Å². The molecule has 0 aromatic carbocycles. The van der Waals surface area contributed by atoms with E-state index in [1.807, 2.05) is 0 Å². The molecule has 0 aromatic heterocycles. The van der Waals surface area contributed by atoms with Crippen LogP contribution in [-0.4, -0.2) is 19.0 Å². The maximum Gasteiger partial charge on any atom is 0.251 e. The van der Waals surface area contributed by atoms with Crippen molar-refractivity contribution in [2.45, 2.75) is 31.6 Å². The van der Waals surface area contributed by atoms with Crippen molar-refractivity contribution in [3.63, 3.8) is 0 Å². The first-order valence-corrected chi connectivity index (χ1v) is 4.79. The summed E-state index contributed by atoms with van der Waals surface area (Å²) in [6.45, 7) is 1.58. The van der Waals surface area contributed by atoms with Crippen molar-refractivity contribution in [3.05, 3.63) is 0 Å². The molecule has 0 spiro atoms. The second-order valence-electron chi connectivity index (χ2n) is 4.01. The van der Waals surface area contributed by atoms with Crippen LogP contribution in [0.4, 0.5) is 8.78 Å². The Hall–Kier alpha value is -0.180. The van der Waals surface area contributed by atoms with Crippen molar-refractivity contribution in [1.82, 2.24) is 5.32 Å². The van der Waals surface area contributed by atoms with Crippen molar-refractivity contribution in [2.75, 3.05) is 13.1 Å². The number of alkyl halides is 2. The molecule has 70 valence electrons. The second-order valence-corrected chi connectivity index (χ2v) is 4.01.